The molecule has 0 radical (unpaired) electrons. The van der Waals surface area contributed by atoms with Crippen molar-refractivity contribution in [1.82, 2.24) is 9.80 Å². The van der Waals surface area contributed by atoms with E-state index in [1.54, 1.807) is 0 Å². The van der Waals surface area contributed by atoms with Gasteiger partial charge in [-0.1, -0.05) is 48.5 Å². The molecule has 0 saturated carbocycles. The minimum atomic E-state index is -5.20. The predicted octanol–water partition coefficient (Wildman–Crippen LogP) is 6.28. The van der Waals surface area contributed by atoms with E-state index in [4.69, 9.17) is 18.5 Å². The fourth-order valence-corrected chi connectivity index (χ4v) is 4.36. The van der Waals surface area contributed by atoms with Gasteiger partial charge in [0.25, 0.3) is 0 Å². The molecule has 0 aliphatic rings. The minimum absolute atomic E-state index is 0.418. The number of ether oxygens (including phenoxy) is 2. The first-order valence-electron chi connectivity index (χ1n) is 11.4. The Balaban J connectivity index is 5.29. The van der Waals surface area contributed by atoms with Crippen LogP contribution in [0.1, 0.15) is 74.1 Å². The molecule has 12 heteroatoms. The maximum atomic E-state index is 15.0. The minimum Gasteiger partial charge on any atom is -0.422 e. The molecule has 33 heavy (non-hydrogen) atoms. The van der Waals surface area contributed by atoms with Crippen molar-refractivity contribution in [2.45, 2.75) is 79.8 Å². The second-order valence-electron chi connectivity index (χ2n) is 8.58. The Labute approximate surface area is 196 Å². The van der Waals surface area contributed by atoms with Gasteiger partial charge in [-0.05, 0) is 25.7 Å². The molecular weight excluding hydrogens is 461 g/mol. The van der Waals surface area contributed by atoms with Gasteiger partial charge in [0.05, 0.1) is 0 Å². The van der Waals surface area contributed by atoms with Crippen LogP contribution in [0.15, 0.2) is 0 Å². The number of hydrogen-bond acceptors (Lipinski definition) is 7. The van der Waals surface area contributed by atoms with Gasteiger partial charge in [-0.2, -0.15) is 8.78 Å². The fourth-order valence-electron chi connectivity index (χ4n) is 2.75. The zero-order chi connectivity index (χ0) is 25.7. The van der Waals surface area contributed by atoms with Crippen molar-refractivity contribution in [3.8, 4) is 0 Å². The average molecular weight is 503 g/mol. The highest BCUT2D eigenvalue weighted by molar-refractivity contribution is 7.55. The molecule has 0 aliphatic heterocycles. The normalized spacial score (nSPS) is 12.4. The summed E-state index contributed by atoms with van der Waals surface area (Å²) in [5.74, 6) is 0. The molecule has 0 saturated heterocycles. The molecule has 196 valence electrons. The van der Waals surface area contributed by atoms with Crippen molar-refractivity contribution in [2.75, 3.05) is 39.8 Å². The van der Waals surface area contributed by atoms with Crippen LogP contribution < -0.4 is 0 Å². The first kappa shape index (κ1) is 31.6. The maximum absolute atomic E-state index is 15.0. The first-order chi connectivity index (χ1) is 15.3. The SMILES string of the molecule is CCCN(CCC)C(=O)OCOP(=O)(OCOC(=O)N(CCC)CCC)C(F)(F)C(C)(C)C. The summed E-state index contributed by atoms with van der Waals surface area (Å²) in [5, 5.41) is 0. The molecule has 0 N–H and O–H groups in total. The summed E-state index contributed by atoms with van der Waals surface area (Å²) in [4.78, 5) is 27.2. The summed E-state index contributed by atoms with van der Waals surface area (Å²) < 4.78 is 62.6. The van der Waals surface area contributed by atoms with Gasteiger partial charge < -0.3 is 19.3 Å². The lowest BCUT2D eigenvalue weighted by molar-refractivity contribution is -0.0741. The summed E-state index contributed by atoms with van der Waals surface area (Å²) in [6.07, 6.45) is 1.17. The number of halogens is 2. The molecule has 2 amide bonds. The zero-order valence-corrected chi connectivity index (χ0v) is 21.9. The molecule has 0 bridgehead atoms. The van der Waals surface area contributed by atoms with Gasteiger partial charge in [-0.3, -0.25) is 13.6 Å². The van der Waals surface area contributed by atoms with Gasteiger partial charge in [0.1, 0.15) is 0 Å². The van der Waals surface area contributed by atoms with Crippen LogP contribution in [-0.4, -0.2) is 67.4 Å². The van der Waals surface area contributed by atoms with E-state index in [1.807, 2.05) is 27.7 Å². The number of carbonyl (C=O) groups excluding carboxylic acids is 2. The van der Waals surface area contributed by atoms with Gasteiger partial charge in [-0.15, -0.1) is 0 Å². The monoisotopic (exact) mass is 502 g/mol. The Morgan fingerprint density at radius 2 is 1.03 bits per heavy atom. The summed E-state index contributed by atoms with van der Waals surface area (Å²) in [7, 11) is -5.20. The topological polar surface area (TPSA) is 94.6 Å². The molecule has 0 aliphatic carbocycles. The van der Waals surface area contributed by atoms with Gasteiger partial charge in [0.2, 0.25) is 13.6 Å². The molecular formula is C21H41F2N2O7P. The Hall–Kier alpha value is -1.45. The number of carbonyl (C=O) groups is 2. The second-order valence-corrected chi connectivity index (χ2v) is 10.7. The van der Waals surface area contributed by atoms with E-state index in [1.165, 1.54) is 30.6 Å². The molecule has 0 unspecified atom stereocenters. The molecule has 0 rings (SSSR count). The van der Waals surface area contributed by atoms with Crippen molar-refractivity contribution in [3.05, 3.63) is 0 Å². The van der Waals surface area contributed by atoms with E-state index < -0.39 is 44.4 Å². The van der Waals surface area contributed by atoms with Crippen LogP contribution in [0.4, 0.5) is 18.4 Å². The van der Waals surface area contributed by atoms with Crippen molar-refractivity contribution in [3.63, 3.8) is 0 Å². The van der Waals surface area contributed by atoms with Crippen molar-refractivity contribution < 1.29 is 41.5 Å². The van der Waals surface area contributed by atoms with E-state index in [9.17, 15) is 14.2 Å². The Morgan fingerprint density at radius 3 is 1.27 bits per heavy atom. The molecule has 0 heterocycles. The third-order valence-corrected chi connectivity index (χ3v) is 6.80. The van der Waals surface area contributed by atoms with Crippen LogP contribution in [0, 0.1) is 5.41 Å². The Morgan fingerprint density at radius 1 is 0.727 bits per heavy atom. The number of rotatable bonds is 15. The van der Waals surface area contributed by atoms with Crippen molar-refractivity contribution in [2.24, 2.45) is 5.41 Å². The fraction of sp³-hybridized carbons (Fsp3) is 0.905. The van der Waals surface area contributed by atoms with Gasteiger partial charge >= 0.3 is 25.4 Å². The van der Waals surface area contributed by atoms with E-state index in [-0.39, 0.29) is 0 Å². The number of amides is 2. The Bertz CT molecular complexity index is 595. The number of alkyl halides is 2. The van der Waals surface area contributed by atoms with Gasteiger partial charge in [-0.25, -0.2) is 9.59 Å². The molecule has 9 nitrogen and oxygen atoms in total. The first-order valence-corrected chi connectivity index (χ1v) is 13.0. The van der Waals surface area contributed by atoms with Crippen molar-refractivity contribution in [1.29, 1.82) is 0 Å². The Kier molecular flexibility index (Phi) is 14.1. The van der Waals surface area contributed by atoms with E-state index in [0.717, 1.165) is 0 Å². The van der Waals surface area contributed by atoms with Crippen LogP contribution in [0.5, 0.6) is 0 Å². The molecule has 0 atom stereocenters. The standard InChI is InChI=1S/C21H41F2N2O7P/c1-8-12-24(13-9-2)18(26)29-16-31-33(28,21(22,23)20(5,6)7)32-17-30-19(27)25(14-10-3)15-11-4/h8-17H2,1-7H3. The van der Waals surface area contributed by atoms with Crippen LogP contribution in [0.3, 0.4) is 0 Å². The molecule has 0 aromatic heterocycles. The lowest BCUT2D eigenvalue weighted by Crippen LogP contribution is -2.37. The smallest absolute Gasteiger partial charge is 0.411 e. The quantitative estimate of drug-likeness (QED) is 0.192. The predicted molar refractivity (Wildman–Crippen MR) is 121 cm³/mol. The third-order valence-electron chi connectivity index (χ3n) is 4.55. The van der Waals surface area contributed by atoms with Gasteiger partial charge in [0, 0.05) is 31.6 Å². The highest BCUT2D eigenvalue weighted by Gasteiger charge is 2.61. The molecule has 0 aromatic rings. The van der Waals surface area contributed by atoms with E-state index >= 15 is 8.78 Å². The van der Waals surface area contributed by atoms with Crippen LogP contribution in [-0.2, 0) is 23.1 Å². The van der Waals surface area contributed by atoms with Crippen LogP contribution in [0.25, 0.3) is 0 Å². The highest BCUT2D eigenvalue weighted by Crippen LogP contribution is 2.67. The third kappa shape index (κ3) is 9.74. The molecule has 0 aromatic carbocycles. The molecule has 0 fully saturated rings. The highest BCUT2D eigenvalue weighted by atomic mass is 31.2. The second kappa shape index (κ2) is 14.7. The van der Waals surface area contributed by atoms with Crippen LogP contribution >= 0.6 is 7.60 Å². The van der Waals surface area contributed by atoms with Crippen LogP contribution in [0.2, 0.25) is 0 Å². The summed E-state index contributed by atoms with van der Waals surface area (Å²) in [6.45, 7) is 10.7. The van der Waals surface area contributed by atoms with E-state index in [0.29, 0.717) is 51.9 Å². The largest absolute Gasteiger partial charge is 0.422 e. The maximum Gasteiger partial charge on any atom is 0.411 e. The zero-order valence-electron chi connectivity index (χ0n) is 21.0. The lowest BCUT2D eigenvalue weighted by Gasteiger charge is -2.35. The molecule has 0 spiro atoms. The number of hydrogen-bond donors (Lipinski definition) is 0. The average Bonchev–Trinajstić information content (AvgIpc) is 2.72. The van der Waals surface area contributed by atoms with Crippen molar-refractivity contribution >= 4 is 19.8 Å². The van der Waals surface area contributed by atoms with Gasteiger partial charge in [0.15, 0.2) is 0 Å². The lowest BCUT2D eigenvalue weighted by atomic mass is 9.97. The number of nitrogens with zero attached hydrogens (tertiary/aromatic N) is 2. The summed E-state index contributed by atoms with van der Waals surface area (Å²) >= 11 is 0. The summed E-state index contributed by atoms with van der Waals surface area (Å²) in [6, 6.07) is 0. The van der Waals surface area contributed by atoms with E-state index in [2.05, 4.69) is 0 Å². The summed E-state index contributed by atoms with van der Waals surface area (Å²) in [5.41, 5.74) is -5.78.